The number of carboxylic acids is 1. The number of carbonyl (C=O) groups is 1. The van der Waals surface area contributed by atoms with Gasteiger partial charge in [0.15, 0.2) is 0 Å². The number of nitrogens with zero attached hydrogens (tertiary/aromatic N) is 2. The SMILES string of the molecule is CC(C)(CC(=O)O)c1ccccc1-n1cccn1. The van der Waals surface area contributed by atoms with E-state index in [0.29, 0.717) is 0 Å². The molecule has 1 N–H and O–H groups in total. The molecular weight excluding hydrogens is 228 g/mol. The van der Waals surface area contributed by atoms with E-state index in [1.807, 2.05) is 50.4 Å². The number of benzene rings is 1. The Morgan fingerprint density at radius 3 is 2.67 bits per heavy atom. The zero-order valence-electron chi connectivity index (χ0n) is 10.5. The van der Waals surface area contributed by atoms with Gasteiger partial charge >= 0.3 is 5.97 Å². The van der Waals surface area contributed by atoms with E-state index in [1.165, 1.54) is 0 Å². The molecule has 0 unspecified atom stereocenters. The van der Waals surface area contributed by atoms with Crippen molar-refractivity contribution in [3.05, 3.63) is 48.3 Å². The molecule has 0 saturated carbocycles. The maximum absolute atomic E-state index is 11.0. The molecule has 0 saturated heterocycles. The highest BCUT2D eigenvalue weighted by Crippen LogP contribution is 2.31. The number of aliphatic carboxylic acids is 1. The Hall–Kier alpha value is -2.10. The van der Waals surface area contributed by atoms with Gasteiger partial charge in [-0.3, -0.25) is 4.79 Å². The number of aromatic nitrogens is 2. The summed E-state index contributed by atoms with van der Waals surface area (Å²) in [5.41, 5.74) is 1.47. The lowest BCUT2D eigenvalue weighted by atomic mass is 9.80. The molecule has 0 radical (unpaired) electrons. The lowest BCUT2D eigenvalue weighted by molar-refractivity contribution is -0.138. The minimum atomic E-state index is -0.796. The highest BCUT2D eigenvalue weighted by molar-refractivity contribution is 5.69. The lowest BCUT2D eigenvalue weighted by Crippen LogP contribution is -2.23. The number of rotatable bonds is 4. The molecule has 1 aromatic carbocycles. The molecule has 2 aromatic rings. The van der Waals surface area contributed by atoms with Gasteiger partial charge in [0.2, 0.25) is 0 Å². The third-order valence-electron chi connectivity index (χ3n) is 2.98. The Balaban J connectivity index is 2.48. The molecule has 0 atom stereocenters. The van der Waals surface area contributed by atoms with Crippen LogP contribution in [-0.2, 0) is 10.2 Å². The van der Waals surface area contributed by atoms with E-state index < -0.39 is 11.4 Å². The van der Waals surface area contributed by atoms with E-state index in [-0.39, 0.29) is 6.42 Å². The molecule has 0 amide bonds. The van der Waals surface area contributed by atoms with Crippen molar-refractivity contribution in [1.82, 2.24) is 9.78 Å². The Labute approximate surface area is 106 Å². The van der Waals surface area contributed by atoms with Crippen molar-refractivity contribution in [1.29, 1.82) is 0 Å². The van der Waals surface area contributed by atoms with Gasteiger partial charge in [-0.1, -0.05) is 32.0 Å². The minimum Gasteiger partial charge on any atom is -0.481 e. The topological polar surface area (TPSA) is 55.1 Å². The molecule has 18 heavy (non-hydrogen) atoms. The smallest absolute Gasteiger partial charge is 0.304 e. The standard InChI is InChI=1S/C14H16N2O2/c1-14(2,10-13(17)18)11-6-3-4-7-12(11)16-9-5-8-15-16/h3-9H,10H2,1-2H3,(H,17,18). The van der Waals surface area contributed by atoms with Gasteiger partial charge < -0.3 is 5.11 Å². The summed E-state index contributed by atoms with van der Waals surface area (Å²) >= 11 is 0. The monoisotopic (exact) mass is 244 g/mol. The van der Waals surface area contributed by atoms with Crippen LogP contribution in [0.1, 0.15) is 25.8 Å². The molecule has 0 aliphatic rings. The van der Waals surface area contributed by atoms with Crippen molar-refractivity contribution in [3.63, 3.8) is 0 Å². The van der Waals surface area contributed by atoms with Crippen LogP contribution in [0.2, 0.25) is 0 Å². The zero-order chi connectivity index (χ0) is 13.2. The van der Waals surface area contributed by atoms with Gasteiger partial charge in [0.25, 0.3) is 0 Å². The molecule has 94 valence electrons. The van der Waals surface area contributed by atoms with Crippen LogP contribution in [0.3, 0.4) is 0 Å². The van der Waals surface area contributed by atoms with Crippen molar-refractivity contribution in [3.8, 4) is 5.69 Å². The molecule has 4 nitrogen and oxygen atoms in total. The summed E-state index contributed by atoms with van der Waals surface area (Å²) < 4.78 is 1.76. The molecule has 2 rings (SSSR count). The number of para-hydroxylation sites is 1. The van der Waals surface area contributed by atoms with Gasteiger partial charge in [-0.15, -0.1) is 0 Å². The normalized spacial score (nSPS) is 11.4. The summed E-state index contributed by atoms with van der Waals surface area (Å²) in [5, 5.41) is 13.2. The van der Waals surface area contributed by atoms with Crippen LogP contribution >= 0.6 is 0 Å². The first-order valence-electron chi connectivity index (χ1n) is 5.82. The van der Waals surface area contributed by atoms with E-state index in [0.717, 1.165) is 11.3 Å². The van der Waals surface area contributed by atoms with Gasteiger partial charge in [0.05, 0.1) is 12.1 Å². The molecule has 0 aliphatic carbocycles. The van der Waals surface area contributed by atoms with E-state index in [1.54, 1.807) is 10.9 Å². The first-order chi connectivity index (χ1) is 8.50. The maximum Gasteiger partial charge on any atom is 0.304 e. The average molecular weight is 244 g/mol. The number of hydrogen-bond donors (Lipinski definition) is 1. The van der Waals surface area contributed by atoms with Crippen LogP contribution in [0, 0.1) is 0 Å². The van der Waals surface area contributed by atoms with Gasteiger partial charge in [-0.2, -0.15) is 5.10 Å². The molecule has 0 spiro atoms. The van der Waals surface area contributed by atoms with Crippen molar-refractivity contribution in [2.75, 3.05) is 0 Å². The second-order valence-electron chi connectivity index (χ2n) is 4.92. The molecule has 0 bridgehead atoms. The highest BCUT2D eigenvalue weighted by atomic mass is 16.4. The van der Waals surface area contributed by atoms with Crippen LogP contribution in [0.15, 0.2) is 42.7 Å². The van der Waals surface area contributed by atoms with E-state index in [2.05, 4.69) is 5.10 Å². The first kappa shape index (κ1) is 12.4. The highest BCUT2D eigenvalue weighted by Gasteiger charge is 2.27. The van der Waals surface area contributed by atoms with Crippen LogP contribution in [-0.4, -0.2) is 20.9 Å². The van der Waals surface area contributed by atoms with E-state index in [4.69, 9.17) is 5.11 Å². The predicted octanol–water partition coefficient (Wildman–Crippen LogP) is 2.62. The molecule has 1 heterocycles. The summed E-state index contributed by atoms with van der Waals surface area (Å²) in [6.07, 6.45) is 3.65. The maximum atomic E-state index is 11.0. The largest absolute Gasteiger partial charge is 0.481 e. The summed E-state index contributed by atoms with van der Waals surface area (Å²) in [5.74, 6) is -0.796. The fraction of sp³-hybridized carbons (Fsp3) is 0.286. The second-order valence-corrected chi connectivity index (χ2v) is 4.92. The second kappa shape index (κ2) is 4.64. The molecule has 0 aliphatic heterocycles. The average Bonchev–Trinajstić information content (AvgIpc) is 2.80. The van der Waals surface area contributed by atoms with E-state index >= 15 is 0 Å². The van der Waals surface area contributed by atoms with Crippen molar-refractivity contribution in [2.45, 2.75) is 25.7 Å². The third kappa shape index (κ3) is 2.42. The van der Waals surface area contributed by atoms with E-state index in [9.17, 15) is 4.79 Å². The molecular formula is C14H16N2O2. The summed E-state index contributed by atoms with van der Waals surface area (Å²) in [4.78, 5) is 11.0. The molecule has 4 heteroatoms. The first-order valence-corrected chi connectivity index (χ1v) is 5.82. The number of hydrogen-bond acceptors (Lipinski definition) is 2. The van der Waals surface area contributed by atoms with Gasteiger partial charge in [0.1, 0.15) is 0 Å². The van der Waals surface area contributed by atoms with Crippen molar-refractivity contribution >= 4 is 5.97 Å². The van der Waals surface area contributed by atoms with Gasteiger partial charge in [-0.25, -0.2) is 4.68 Å². The van der Waals surface area contributed by atoms with Crippen LogP contribution in [0.25, 0.3) is 5.69 Å². The van der Waals surface area contributed by atoms with Gasteiger partial charge in [0, 0.05) is 17.8 Å². The number of carboxylic acid groups (broad SMARTS) is 1. The Kier molecular flexibility index (Phi) is 3.19. The molecule has 1 aromatic heterocycles. The summed E-state index contributed by atoms with van der Waals surface area (Å²) in [7, 11) is 0. The minimum absolute atomic E-state index is 0.0886. The quantitative estimate of drug-likeness (QED) is 0.899. The van der Waals surface area contributed by atoms with Crippen LogP contribution in [0.4, 0.5) is 0 Å². The fourth-order valence-corrected chi connectivity index (χ4v) is 2.13. The fourth-order valence-electron chi connectivity index (χ4n) is 2.13. The van der Waals surface area contributed by atoms with Gasteiger partial charge in [-0.05, 0) is 17.7 Å². The zero-order valence-corrected chi connectivity index (χ0v) is 10.5. The Morgan fingerprint density at radius 2 is 2.06 bits per heavy atom. The Bertz CT molecular complexity index is 545. The third-order valence-corrected chi connectivity index (χ3v) is 2.98. The summed E-state index contributed by atoms with van der Waals surface area (Å²) in [6, 6.07) is 9.61. The lowest BCUT2D eigenvalue weighted by Gasteiger charge is -2.25. The molecule has 0 fully saturated rings. The van der Waals surface area contributed by atoms with Crippen molar-refractivity contribution < 1.29 is 9.90 Å². The summed E-state index contributed by atoms with van der Waals surface area (Å²) in [6.45, 7) is 3.87. The van der Waals surface area contributed by atoms with Crippen LogP contribution in [0.5, 0.6) is 0 Å². The predicted molar refractivity (Wildman–Crippen MR) is 68.8 cm³/mol. The van der Waals surface area contributed by atoms with Crippen molar-refractivity contribution in [2.24, 2.45) is 0 Å². The Morgan fingerprint density at radius 1 is 1.33 bits per heavy atom. The van der Waals surface area contributed by atoms with Crippen LogP contribution < -0.4 is 0 Å².